The number of rotatable bonds is 9. The molecule has 0 bridgehead atoms. The van der Waals surface area contributed by atoms with Gasteiger partial charge in [0, 0.05) is 31.8 Å². The van der Waals surface area contributed by atoms with Crippen LogP contribution in [0.2, 0.25) is 10.0 Å². The lowest BCUT2D eigenvalue weighted by molar-refractivity contribution is -0.137. The number of hydrogen-bond donors (Lipinski definition) is 2. The Morgan fingerprint density at radius 3 is 2.36 bits per heavy atom. The van der Waals surface area contributed by atoms with E-state index in [0.717, 1.165) is 5.56 Å². The Morgan fingerprint density at radius 2 is 1.79 bits per heavy atom. The van der Waals surface area contributed by atoms with Gasteiger partial charge < -0.3 is 10.0 Å². The molecule has 1 heterocycles. The summed E-state index contributed by atoms with van der Waals surface area (Å²) in [6.07, 6.45) is -3.18. The molecule has 2 amide bonds. The number of carboxylic acid groups (broad SMARTS) is 1. The van der Waals surface area contributed by atoms with Gasteiger partial charge in [-0.1, -0.05) is 53.5 Å². The molecular weight excluding hydrogens is 584 g/mol. The van der Waals surface area contributed by atoms with Crippen LogP contribution < -0.4 is 5.32 Å². The second-order valence-corrected chi connectivity index (χ2v) is 11.2. The number of likely N-dealkylation sites (N-methyl/N-ethyl adjacent to an activating group) is 1. The summed E-state index contributed by atoms with van der Waals surface area (Å²) in [4.78, 5) is 29.9. The van der Waals surface area contributed by atoms with E-state index in [1.165, 1.54) is 22.0 Å². The number of carbonyl (C=O) groups excluding carboxylic acids is 1. The Bertz CT molecular complexity index is 1390. The highest BCUT2D eigenvalue weighted by Crippen LogP contribution is 2.38. The van der Waals surface area contributed by atoms with Crippen molar-refractivity contribution in [3.05, 3.63) is 75.3 Å². The van der Waals surface area contributed by atoms with Crippen molar-refractivity contribution in [1.29, 1.82) is 0 Å². The Morgan fingerprint density at radius 1 is 1.18 bits per heavy atom. The molecule has 0 atom stereocenters. The standard InChI is InChI=1S/C24H23Cl2F3N4O5S/c1-32(13-15-4-6-16(7-5-15)22-31-9-10-33(22)23(35)36)20(34)3-2-8-30-14-39(37,38)21-18(25)11-17(12-19(21)26)24(27,28)29/h2-7,11-12,30H,8-10,13-14H2,1H3,(H,35,36)/b3-2+. The molecule has 2 aromatic carbocycles. The van der Waals surface area contributed by atoms with Gasteiger partial charge in [-0.15, -0.1) is 0 Å². The fourth-order valence-electron chi connectivity index (χ4n) is 3.65. The summed E-state index contributed by atoms with van der Waals surface area (Å²) in [5, 5.41) is 10.5. The van der Waals surface area contributed by atoms with E-state index in [1.807, 2.05) is 0 Å². The summed E-state index contributed by atoms with van der Waals surface area (Å²) < 4.78 is 63.7. The van der Waals surface area contributed by atoms with Crippen LogP contribution in [0.4, 0.5) is 18.0 Å². The molecule has 3 rings (SSSR count). The molecule has 1 aliphatic heterocycles. The van der Waals surface area contributed by atoms with Crippen molar-refractivity contribution in [2.45, 2.75) is 17.6 Å². The number of halogens is 5. The molecule has 0 aliphatic carbocycles. The minimum absolute atomic E-state index is 0.0361. The van der Waals surface area contributed by atoms with E-state index in [2.05, 4.69) is 10.3 Å². The number of aliphatic imine (C=N–C) groups is 1. The monoisotopic (exact) mass is 606 g/mol. The zero-order valence-electron chi connectivity index (χ0n) is 20.4. The number of amidine groups is 1. The average Bonchev–Trinajstić information content (AvgIpc) is 3.33. The number of benzene rings is 2. The SMILES string of the molecule is CN(Cc1ccc(C2=NCCN2C(=O)O)cc1)C(=O)/C=C/CNCS(=O)(=O)c1c(Cl)cc(C(F)(F)F)cc1Cl. The second-order valence-electron chi connectivity index (χ2n) is 8.41. The van der Waals surface area contributed by atoms with Crippen LogP contribution in [0.5, 0.6) is 0 Å². The van der Waals surface area contributed by atoms with Gasteiger partial charge in [0.15, 0.2) is 9.84 Å². The number of nitrogens with zero attached hydrogens (tertiary/aromatic N) is 3. The molecule has 2 aromatic rings. The van der Waals surface area contributed by atoms with Gasteiger partial charge in [-0.25, -0.2) is 13.2 Å². The number of alkyl halides is 3. The van der Waals surface area contributed by atoms with Crippen LogP contribution in [0.15, 0.2) is 58.4 Å². The zero-order chi connectivity index (χ0) is 29.0. The molecule has 0 saturated carbocycles. The summed E-state index contributed by atoms with van der Waals surface area (Å²) in [5.74, 6) is -0.670. The molecular formula is C24H23Cl2F3N4O5S. The predicted molar refractivity (Wildman–Crippen MR) is 140 cm³/mol. The molecule has 2 N–H and O–H groups in total. The molecule has 15 heteroatoms. The van der Waals surface area contributed by atoms with Gasteiger partial charge in [-0.3, -0.25) is 20.0 Å². The smallest absolute Gasteiger partial charge is 0.416 e. The molecule has 39 heavy (non-hydrogen) atoms. The fourth-order valence-corrected chi connectivity index (χ4v) is 6.08. The van der Waals surface area contributed by atoms with Crippen LogP contribution >= 0.6 is 23.2 Å². The van der Waals surface area contributed by atoms with E-state index < -0.39 is 48.5 Å². The first-order valence-electron chi connectivity index (χ1n) is 11.3. The van der Waals surface area contributed by atoms with Gasteiger partial charge in [-0.2, -0.15) is 13.2 Å². The highest BCUT2D eigenvalue weighted by atomic mass is 35.5. The fraction of sp³-hybridized carbons (Fsp3) is 0.292. The van der Waals surface area contributed by atoms with Crippen LogP contribution in [0.25, 0.3) is 0 Å². The molecule has 1 aliphatic rings. The van der Waals surface area contributed by atoms with Crippen molar-refractivity contribution in [2.24, 2.45) is 4.99 Å². The normalized spacial score (nSPS) is 14.1. The number of nitrogens with one attached hydrogen (secondary N) is 1. The number of amides is 2. The van der Waals surface area contributed by atoms with E-state index in [-0.39, 0.29) is 19.0 Å². The first kappa shape index (κ1) is 30.4. The van der Waals surface area contributed by atoms with E-state index in [4.69, 9.17) is 23.2 Å². The highest BCUT2D eigenvalue weighted by Gasteiger charge is 2.33. The maximum atomic E-state index is 12.9. The van der Waals surface area contributed by atoms with Crippen LogP contribution in [-0.2, 0) is 27.4 Å². The van der Waals surface area contributed by atoms with Crippen molar-refractivity contribution in [3.63, 3.8) is 0 Å². The van der Waals surface area contributed by atoms with Gasteiger partial charge in [-0.05, 0) is 17.7 Å². The molecule has 0 radical (unpaired) electrons. The molecule has 210 valence electrons. The first-order chi connectivity index (χ1) is 18.2. The Labute approximate surface area is 232 Å². The minimum Gasteiger partial charge on any atom is -0.465 e. The predicted octanol–water partition coefficient (Wildman–Crippen LogP) is 4.29. The van der Waals surface area contributed by atoms with Gasteiger partial charge in [0.25, 0.3) is 0 Å². The van der Waals surface area contributed by atoms with Crippen molar-refractivity contribution in [3.8, 4) is 0 Å². The minimum atomic E-state index is -4.74. The van der Waals surface area contributed by atoms with Gasteiger partial charge >= 0.3 is 12.3 Å². The van der Waals surface area contributed by atoms with Crippen LogP contribution in [0.1, 0.15) is 16.7 Å². The quantitative estimate of drug-likeness (QED) is 0.325. The van der Waals surface area contributed by atoms with Crippen molar-refractivity contribution < 1.29 is 36.3 Å². The summed E-state index contributed by atoms with van der Waals surface area (Å²) in [6, 6.07) is 7.96. The topological polar surface area (TPSA) is 119 Å². The lowest BCUT2D eigenvalue weighted by Crippen LogP contribution is -2.33. The zero-order valence-corrected chi connectivity index (χ0v) is 22.7. The molecule has 0 unspecified atom stereocenters. The number of hydrogen-bond acceptors (Lipinski definition) is 6. The maximum Gasteiger partial charge on any atom is 0.416 e. The molecule has 0 fully saturated rings. The Kier molecular flexibility index (Phi) is 9.64. The van der Waals surface area contributed by atoms with E-state index in [9.17, 15) is 36.3 Å². The summed E-state index contributed by atoms with van der Waals surface area (Å²) in [5.41, 5.74) is 0.268. The third-order valence-electron chi connectivity index (χ3n) is 5.53. The Balaban J connectivity index is 1.52. The molecule has 0 saturated heterocycles. The van der Waals surface area contributed by atoms with Gasteiger partial charge in [0.2, 0.25) is 5.91 Å². The number of carbonyl (C=O) groups is 2. The first-order valence-corrected chi connectivity index (χ1v) is 13.7. The van der Waals surface area contributed by atoms with Crippen LogP contribution in [0.3, 0.4) is 0 Å². The van der Waals surface area contributed by atoms with E-state index in [0.29, 0.717) is 36.6 Å². The Hall–Kier alpha value is -3.13. The van der Waals surface area contributed by atoms with Crippen LogP contribution in [0, 0.1) is 0 Å². The third kappa shape index (κ3) is 7.72. The molecule has 9 nitrogen and oxygen atoms in total. The van der Waals surface area contributed by atoms with Crippen molar-refractivity contribution in [1.82, 2.24) is 15.1 Å². The molecule has 0 aromatic heterocycles. The highest BCUT2D eigenvalue weighted by molar-refractivity contribution is 7.91. The summed E-state index contributed by atoms with van der Waals surface area (Å²) in [7, 11) is -2.61. The number of sulfone groups is 1. The maximum absolute atomic E-state index is 12.9. The third-order valence-corrected chi connectivity index (χ3v) is 8.00. The second kappa shape index (κ2) is 12.4. The van der Waals surface area contributed by atoms with Gasteiger partial charge in [0.1, 0.15) is 16.6 Å². The summed E-state index contributed by atoms with van der Waals surface area (Å²) >= 11 is 11.6. The van der Waals surface area contributed by atoms with Crippen molar-refractivity contribution >= 4 is 50.9 Å². The van der Waals surface area contributed by atoms with E-state index >= 15 is 0 Å². The van der Waals surface area contributed by atoms with Gasteiger partial charge in [0.05, 0.1) is 28.7 Å². The average molecular weight is 607 g/mol. The van der Waals surface area contributed by atoms with E-state index in [1.54, 1.807) is 31.3 Å². The molecule has 0 spiro atoms. The largest absolute Gasteiger partial charge is 0.465 e. The lowest BCUT2D eigenvalue weighted by Gasteiger charge is -2.17. The summed E-state index contributed by atoms with van der Waals surface area (Å²) in [6.45, 7) is 0.911. The van der Waals surface area contributed by atoms with Crippen molar-refractivity contribution in [2.75, 3.05) is 32.6 Å². The lowest BCUT2D eigenvalue weighted by atomic mass is 10.1. The van der Waals surface area contributed by atoms with Crippen LogP contribution in [-0.4, -0.2) is 73.7 Å².